The van der Waals surface area contributed by atoms with E-state index in [9.17, 15) is 9.59 Å². The Hall–Kier alpha value is -1.86. The molecule has 1 aliphatic rings. The van der Waals surface area contributed by atoms with E-state index in [0.29, 0.717) is 38.8 Å². The predicted octanol–water partition coefficient (Wildman–Crippen LogP) is 1.11. The Morgan fingerprint density at radius 3 is 2.83 bits per heavy atom. The fourth-order valence-electron chi connectivity index (χ4n) is 2.15. The number of rotatable bonds is 6. The van der Waals surface area contributed by atoms with Gasteiger partial charge in [-0.1, -0.05) is 11.6 Å². The maximum Gasteiger partial charge on any atom is 0.271 e. The summed E-state index contributed by atoms with van der Waals surface area (Å²) in [4.78, 5) is 29.9. The number of morpholine rings is 1. The first kappa shape index (κ1) is 17.5. The van der Waals surface area contributed by atoms with Gasteiger partial charge in [0, 0.05) is 32.1 Å². The zero-order valence-electron chi connectivity index (χ0n) is 13.0. The van der Waals surface area contributed by atoms with Crippen molar-refractivity contribution in [2.24, 2.45) is 0 Å². The van der Waals surface area contributed by atoms with Crippen LogP contribution in [0.3, 0.4) is 0 Å². The van der Waals surface area contributed by atoms with Gasteiger partial charge in [0.1, 0.15) is 0 Å². The van der Waals surface area contributed by atoms with Crippen molar-refractivity contribution in [2.75, 3.05) is 39.5 Å². The quantitative estimate of drug-likeness (QED) is 0.838. The number of carbonyl (C=O) groups is 2. The van der Waals surface area contributed by atoms with E-state index in [-0.39, 0.29) is 29.6 Å². The number of aromatic nitrogens is 1. The second kappa shape index (κ2) is 8.69. The van der Waals surface area contributed by atoms with Crippen molar-refractivity contribution in [2.45, 2.75) is 13.3 Å². The molecule has 1 aliphatic heterocycles. The van der Waals surface area contributed by atoms with E-state index in [1.54, 1.807) is 17.0 Å². The maximum atomic E-state index is 12.1. The van der Waals surface area contributed by atoms with Crippen LogP contribution in [-0.4, -0.2) is 61.2 Å². The molecule has 1 aromatic heterocycles. The molecule has 0 aliphatic carbocycles. The minimum atomic E-state index is -0.425. The third-order valence-corrected chi connectivity index (χ3v) is 3.62. The van der Waals surface area contributed by atoms with E-state index >= 15 is 0 Å². The first-order valence-electron chi connectivity index (χ1n) is 7.55. The van der Waals surface area contributed by atoms with E-state index < -0.39 is 5.91 Å². The van der Waals surface area contributed by atoms with Crippen LogP contribution in [-0.2, 0) is 9.53 Å². The fourth-order valence-corrected chi connectivity index (χ4v) is 2.34. The van der Waals surface area contributed by atoms with Crippen molar-refractivity contribution >= 4 is 23.4 Å². The van der Waals surface area contributed by atoms with E-state index in [4.69, 9.17) is 21.1 Å². The summed E-state index contributed by atoms with van der Waals surface area (Å²) in [5.74, 6) is -0.0894. The van der Waals surface area contributed by atoms with Gasteiger partial charge in [-0.15, -0.1) is 0 Å². The van der Waals surface area contributed by atoms with Crippen molar-refractivity contribution in [3.63, 3.8) is 0 Å². The Balaban J connectivity index is 1.84. The molecule has 0 radical (unpaired) electrons. The van der Waals surface area contributed by atoms with Gasteiger partial charge >= 0.3 is 0 Å². The Kier molecular flexibility index (Phi) is 6.61. The van der Waals surface area contributed by atoms with Gasteiger partial charge in [0.15, 0.2) is 5.69 Å². The summed E-state index contributed by atoms with van der Waals surface area (Å²) in [5.41, 5.74) is 0.0939. The van der Waals surface area contributed by atoms with Crippen molar-refractivity contribution in [3.8, 4) is 5.88 Å². The molecule has 23 heavy (non-hydrogen) atoms. The van der Waals surface area contributed by atoms with Crippen LogP contribution in [0.4, 0.5) is 0 Å². The van der Waals surface area contributed by atoms with Crippen LogP contribution in [0.25, 0.3) is 0 Å². The van der Waals surface area contributed by atoms with Crippen molar-refractivity contribution in [1.82, 2.24) is 15.2 Å². The largest absolute Gasteiger partial charge is 0.478 e. The Morgan fingerprint density at radius 1 is 1.39 bits per heavy atom. The van der Waals surface area contributed by atoms with E-state index in [1.165, 1.54) is 0 Å². The normalized spacial score (nSPS) is 14.4. The van der Waals surface area contributed by atoms with Gasteiger partial charge in [-0.3, -0.25) is 9.59 Å². The smallest absolute Gasteiger partial charge is 0.271 e. The maximum absolute atomic E-state index is 12.1. The zero-order chi connectivity index (χ0) is 16.7. The monoisotopic (exact) mass is 341 g/mol. The van der Waals surface area contributed by atoms with Crippen LogP contribution in [0.2, 0.25) is 5.02 Å². The number of carbonyl (C=O) groups excluding carboxylic acids is 2. The lowest BCUT2D eigenvalue weighted by molar-refractivity contribution is -0.135. The molecule has 7 nitrogen and oxygen atoms in total. The number of halogens is 1. The predicted molar refractivity (Wildman–Crippen MR) is 84.8 cm³/mol. The molecule has 1 fully saturated rings. The average Bonchev–Trinajstić information content (AvgIpc) is 2.57. The van der Waals surface area contributed by atoms with Crippen LogP contribution >= 0.6 is 11.6 Å². The minimum absolute atomic E-state index is 0.00396. The lowest BCUT2D eigenvalue weighted by Crippen LogP contribution is -2.42. The van der Waals surface area contributed by atoms with Crippen molar-refractivity contribution in [1.29, 1.82) is 0 Å². The van der Waals surface area contributed by atoms with E-state index in [1.807, 2.05) is 6.92 Å². The molecule has 2 rings (SSSR count). The molecule has 0 saturated carbocycles. The van der Waals surface area contributed by atoms with Crippen LogP contribution in [0.15, 0.2) is 12.1 Å². The van der Waals surface area contributed by atoms with Crippen LogP contribution in [0.1, 0.15) is 23.8 Å². The summed E-state index contributed by atoms with van der Waals surface area (Å²) in [6.07, 6.45) is 0.231. The number of amides is 2. The number of pyridine rings is 1. The number of hydrogen-bond donors (Lipinski definition) is 1. The number of ether oxygens (including phenoxy) is 2. The summed E-state index contributed by atoms with van der Waals surface area (Å²) in [5, 5.41) is 2.90. The van der Waals surface area contributed by atoms with Gasteiger partial charge in [-0.25, -0.2) is 4.98 Å². The zero-order valence-corrected chi connectivity index (χ0v) is 13.8. The molecule has 2 heterocycles. The van der Waals surface area contributed by atoms with E-state index in [2.05, 4.69) is 10.3 Å². The Labute approximate surface area is 139 Å². The summed E-state index contributed by atoms with van der Waals surface area (Å²) in [7, 11) is 0. The summed E-state index contributed by atoms with van der Waals surface area (Å²) in [6.45, 7) is 4.81. The second-order valence-electron chi connectivity index (χ2n) is 4.91. The SMILES string of the molecule is CCOc1ccc(Cl)c(C(=O)NCCC(=O)N2CCOCC2)n1. The molecule has 0 bridgehead atoms. The molecular weight excluding hydrogens is 322 g/mol. The van der Waals surface area contributed by atoms with Crippen LogP contribution < -0.4 is 10.1 Å². The van der Waals surface area contributed by atoms with Gasteiger partial charge in [-0.2, -0.15) is 0 Å². The molecule has 1 aromatic rings. The molecular formula is C15H20ClN3O4. The lowest BCUT2D eigenvalue weighted by Gasteiger charge is -2.26. The van der Waals surface area contributed by atoms with Gasteiger partial charge in [0.05, 0.1) is 24.8 Å². The fraction of sp³-hybridized carbons (Fsp3) is 0.533. The summed E-state index contributed by atoms with van der Waals surface area (Å²) < 4.78 is 10.4. The topological polar surface area (TPSA) is 80.8 Å². The third kappa shape index (κ3) is 5.07. The van der Waals surface area contributed by atoms with Gasteiger partial charge in [0.2, 0.25) is 11.8 Å². The lowest BCUT2D eigenvalue weighted by atomic mass is 10.3. The number of nitrogens with one attached hydrogen (secondary N) is 1. The molecule has 2 amide bonds. The minimum Gasteiger partial charge on any atom is -0.478 e. The second-order valence-corrected chi connectivity index (χ2v) is 5.32. The Bertz CT molecular complexity index is 562. The molecule has 1 N–H and O–H groups in total. The molecule has 1 saturated heterocycles. The van der Waals surface area contributed by atoms with Gasteiger partial charge in [0.25, 0.3) is 5.91 Å². The van der Waals surface area contributed by atoms with Crippen molar-refractivity contribution in [3.05, 3.63) is 22.8 Å². The molecule has 0 atom stereocenters. The molecule has 0 aromatic carbocycles. The third-order valence-electron chi connectivity index (χ3n) is 3.32. The Morgan fingerprint density at radius 2 is 2.13 bits per heavy atom. The van der Waals surface area contributed by atoms with E-state index in [0.717, 1.165) is 0 Å². The highest BCUT2D eigenvalue weighted by molar-refractivity contribution is 6.33. The molecule has 0 unspecified atom stereocenters. The molecule has 8 heteroatoms. The average molecular weight is 342 g/mol. The van der Waals surface area contributed by atoms with Crippen LogP contribution in [0, 0.1) is 0 Å². The highest BCUT2D eigenvalue weighted by atomic mass is 35.5. The molecule has 126 valence electrons. The highest BCUT2D eigenvalue weighted by Crippen LogP contribution is 2.18. The van der Waals surface area contributed by atoms with Gasteiger partial charge < -0.3 is 19.7 Å². The summed E-state index contributed by atoms with van der Waals surface area (Å²) >= 11 is 5.99. The summed E-state index contributed by atoms with van der Waals surface area (Å²) in [6, 6.07) is 3.16. The standard InChI is InChI=1S/C15H20ClN3O4/c1-2-23-12-4-3-11(16)14(18-12)15(21)17-6-5-13(20)19-7-9-22-10-8-19/h3-4H,2,5-10H2,1H3,(H,17,21). The first-order valence-corrected chi connectivity index (χ1v) is 7.92. The number of hydrogen-bond acceptors (Lipinski definition) is 5. The highest BCUT2D eigenvalue weighted by Gasteiger charge is 2.18. The van der Waals surface area contributed by atoms with Crippen LogP contribution in [0.5, 0.6) is 5.88 Å². The van der Waals surface area contributed by atoms with Crippen molar-refractivity contribution < 1.29 is 19.1 Å². The number of nitrogens with zero attached hydrogens (tertiary/aromatic N) is 2. The first-order chi connectivity index (χ1) is 11.1. The van der Waals surface area contributed by atoms with Gasteiger partial charge in [-0.05, 0) is 13.0 Å². The molecule has 0 spiro atoms.